The van der Waals surface area contributed by atoms with E-state index in [2.05, 4.69) is 0 Å². The van der Waals surface area contributed by atoms with Gasteiger partial charge in [0.15, 0.2) is 0 Å². The Labute approximate surface area is 95.5 Å². The predicted molar refractivity (Wildman–Crippen MR) is 0 cm³/mol. The summed E-state index contributed by atoms with van der Waals surface area (Å²) in [5.74, 6) is 0. The van der Waals surface area contributed by atoms with Crippen molar-refractivity contribution in [3.8, 4) is 0 Å². The summed E-state index contributed by atoms with van der Waals surface area (Å²) in [4.78, 5) is 0. The second kappa shape index (κ2) is 27.5. The van der Waals surface area contributed by atoms with Crippen molar-refractivity contribution < 1.29 is 97.0 Å². The summed E-state index contributed by atoms with van der Waals surface area (Å²) in [5.41, 5.74) is 0. The fraction of sp³-hybridized carbons (Fsp3) is 0. The molecule has 0 rings (SSSR count). The molecular formula is CrMo2NiW. The SMILES string of the molecule is [Cr].[Mo].[Mo].[Ni].[W]. The summed E-state index contributed by atoms with van der Waals surface area (Å²) in [6, 6.07) is 0. The maximum Gasteiger partial charge on any atom is 0 e. The van der Waals surface area contributed by atoms with Gasteiger partial charge in [0.05, 0.1) is 0 Å². The third-order valence-electron chi connectivity index (χ3n) is 0. The normalized spacial score (nSPS) is 0. The Morgan fingerprint density at radius 2 is 0.800 bits per heavy atom. The molecule has 0 saturated heterocycles. The molecule has 0 atom stereocenters. The van der Waals surface area contributed by atoms with Crippen molar-refractivity contribution in [1.29, 1.82) is 0 Å². The minimum absolute atomic E-state index is 0. The molecule has 5 heteroatoms. The van der Waals surface area contributed by atoms with Crippen LogP contribution in [0.3, 0.4) is 0 Å². The van der Waals surface area contributed by atoms with Crippen molar-refractivity contribution in [2.24, 2.45) is 0 Å². The predicted octanol–water partition coefficient (Wildman–Crippen LogP) is -0.0125. The Balaban J connectivity index is 0. The van der Waals surface area contributed by atoms with E-state index in [-0.39, 0.29) is 97.0 Å². The third-order valence-corrected chi connectivity index (χ3v) is 0. The van der Waals surface area contributed by atoms with Crippen LogP contribution in [-0.4, -0.2) is 0 Å². The minimum atomic E-state index is 0. The maximum absolute atomic E-state index is 0. The Morgan fingerprint density at radius 1 is 0.800 bits per heavy atom. The molecule has 0 unspecified atom stereocenters. The summed E-state index contributed by atoms with van der Waals surface area (Å²) in [6.45, 7) is 0. The Hall–Kier alpha value is 3.09. The molecule has 0 N–H and O–H groups in total. The second-order valence-electron chi connectivity index (χ2n) is 0. The Morgan fingerprint density at radius 3 is 0.800 bits per heavy atom. The second-order valence-corrected chi connectivity index (χ2v) is 0. The first-order valence-electron chi connectivity index (χ1n) is 0. The van der Waals surface area contributed by atoms with E-state index in [0.717, 1.165) is 0 Å². The van der Waals surface area contributed by atoms with E-state index in [0.29, 0.717) is 0 Å². The van der Waals surface area contributed by atoms with E-state index in [1.807, 2.05) is 0 Å². The quantitative estimate of drug-likeness (QED) is 0.423. The van der Waals surface area contributed by atoms with Gasteiger partial charge < -0.3 is 0 Å². The van der Waals surface area contributed by atoms with Crippen LogP contribution in [0.25, 0.3) is 0 Å². The van der Waals surface area contributed by atoms with E-state index in [9.17, 15) is 0 Å². The molecule has 0 nitrogen and oxygen atoms in total. The minimum Gasteiger partial charge on any atom is 0 e. The Bertz CT molecular complexity index is 9.61. The van der Waals surface area contributed by atoms with E-state index >= 15 is 0 Å². The summed E-state index contributed by atoms with van der Waals surface area (Å²) in [7, 11) is 0. The molecule has 0 aliphatic heterocycles. The first-order chi connectivity index (χ1) is 0. The molecule has 0 aromatic carbocycles. The summed E-state index contributed by atoms with van der Waals surface area (Å²) < 4.78 is 0. The van der Waals surface area contributed by atoms with E-state index < -0.39 is 0 Å². The molecule has 0 amide bonds. The van der Waals surface area contributed by atoms with Gasteiger partial charge in [-0.1, -0.05) is 0 Å². The van der Waals surface area contributed by atoms with E-state index in [1.165, 1.54) is 0 Å². The van der Waals surface area contributed by atoms with Gasteiger partial charge in [-0.15, -0.1) is 0 Å². The van der Waals surface area contributed by atoms with E-state index in [4.69, 9.17) is 0 Å². The average Bonchev–Trinajstić information content (AvgIpc) is 0. The van der Waals surface area contributed by atoms with Crippen LogP contribution in [-0.2, 0) is 97.0 Å². The monoisotopic (exact) mass is 490 g/mol. The van der Waals surface area contributed by atoms with Crippen molar-refractivity contribution in [3.05, 3.63) is 0 Å². The standard InChI is InChI=1S/Cr.2Mo.Ni.W. The summed E-state index contributed by atoms with van der Waals surface area (Å²) in [6.07, 6.45) is 0. The number of hydrogen-bond donors (Lipinski definition) is 0. The largest absolute Gasteiger partial charge is 0 e. The summed E-state index contributed by atoms with van der Waals surface area (Å²) in [5, 5.41) is 0. The van der Waals surface area contributed by atoms with Crippen molar-refractivity contribution in [2.75, 3.05) is 0 Å². The van der Waals surface area contributed by atoms with Gasteiger partial charge >= 0.3 is 0 Å². The zero-order valence-electron chi connectivity index (χ0n) is 1.95. The molecule has 0 aliphatic rings. The van der Waals surface area contributed by atoms with Gasteiger partial charge in [0.25, 0.3) is 0 Å². The average molecular weight is 486 g/mol. The summed E-state index contributed by atoms with van der Waals surface area (Å²) >= 11 is 0. The maximum atomic E-state index is 0. The van der Waals surface area contributed by atoms with Crippen LogP contribution in [0, 0.1) is 0 Å². The third kappa shape index (κ3) is 19.2. The van der Waals surface area contributed by atoms with Crippen LogP contribution in [0.2, 0.25) is 0 Å². The number of rotatable bonds is 0. The van der Waals surface area contributed by atoms with Crippen molar-refractivity contribution >= 4 is 0 Å². The Kier molecular flexibility index (Phi) is 235. The molecule has 0 fully saturated rings. The van der Waals surface area contributed by atoms with Crippen molar-refractivity contribution in [3.63, 3.8) is 0 Å². The molecular weight excluding hydrogens is 486 g/mol. The van der Waals surface area contributed by atoms with Gasteiger partial charge in [-0.3, -0.25) is 0 Å². The van der Waals surface area contributed by atoms with Gasteiger partial charge in [-0.05, 0) is 0 Å². The van der Waals surface area contributed by atoms with Crippen LogP contribution in [0.1, 0.15) is 0 Å². The first-order valence-corrected chi connectivity index (χ1v) is 0. The molecule has 0 radical (unpaired) electrons. The van der Waals surface area contributed by atoms with Crippen LogP contribution >= 0.6 is 0 Å². The fourth-order valence-corrected chi connectivity index (χ4v) is 0. The smallest absolute Gasteiger partial charge is 0 e. The van der Waals surface area contributed by atoms with Crippen LogP contribution < -0.4 is 0 Å². The topological polar surface area (TPSA) is 0 Å². The molecule has 5 heavy (non-hydrogen) atoms. The zero-order chi connectivity index (χ0) is 0. The first kappa shape index (κ1) is 42.6. The number of hydrogen-bond acceptors (Lipinski definition) is 0. The van der Waals surface area contributed by atoms with Gasteiger partial charge in [0, 0.05) is 97.0 Å². The molecule has 0 aromatic heterocycles. The van der Waals surface area contributed by atoms with Crippen molar-refractivity contribution in [1.82, 2.24) is 0 Å². The molecule has 0 heterocycles. The van der Waals surface area contributed by atoms with Crippen LogP contribution in [0.4, 0.5) is 0 Å². The van der Waals surface area contributed by atoms with Gasteiger partial charge in [0.1, 0.15) is 0 Å². The van der Waals surface area contributed by atoms with E-state index in [1.54, 1.807) is 0 Å². The zero-order valence-corrected chi connectivity index (χ0v) is 11.2. The van der Waals surface area contributed by atoms with Gasteiger partial charge in [-0.25, -0.2) is 0 Å². The molecule has 0 saturated carbocycles. The molecule has 0 spiro atoms. The van der Waals surface area contributed by atoms with Crippen LogP contribution in [0.15, 0.2) is 0 Å². The molecule has 0 aliphatic carbocycles. The van der Waals surface area contributed by atoms with Crippen LogP contribution in [0.5, 0.6) is 0 Å². The molecule has 0 aromatic rings. The van der Waals surface area contributed by atoms with Gasteiger partial charge in [-0.2, -0.15) is 0 Å². The molecule has 34 valence electrons. The van der Waals surface area contributed by atoms with Gasteiger partial charge in [0.2, 0.25) is 0 Å². The van der Waals surface area contributed by atoms with Crippen molar-refractivity contribution in [2.45, 2.75) is 0 Å². The molecule has 0 bridgehead atoms. The fourth-order valence-electron chi connectivity index (χ4n) is 0.